The molecule has 0 unspecified atom stereocenters. The number of hydrogen-bond donors (Lipinski definition) is 3. The molecule has 4 N–H and O–H groups in total. The molecule has 1 heterocycles. The summed E-state index contributed by atoms with van der Waals surface area (Å²) in [6, 6.07) is 5.64. The van der Waals surface area contributed by atoms with E-state index in [1.807, 2.05) is 6.07 Å². The lowest BCUT2D eigenvalue weighted by Gasteiger charge is -2.07. The zero-order valence-electron chi connectivity index (χ0n) is 9.38. The molecule has 1 aromatic carbocycles. The molecule has 0 fully saturated rings. The normalized spacial score (nSPS) is 10.9. The van der Waals surface area contributed by atoms with Crippen LogP contribution in [-0.4, -0.2) is 18.6 Å². The van der Waals surface area contributed by atoms with Gasteiger partial charge in [-0.15, -0.1) is 0 Å². The van der Waals surface area contributed by atoms with Gasteiger partial charge in [-0.05, 0) is 18.2 Å². The minimum Gasteiger partial charge on any atom is -0.394 e. The van der Waals surface area contributed by atoms with Crippen LogP contribution in [0.3, 0.4) is 0 Å². The predicted octanol–water partition coefficient (Wildman–Crippen LogP) is 1.32. The summed E-state index contributed by atoms with van der Waals surface area (Å²) in [4.78, 5) is -0.0782. The second-order valence-corrected chi connectivity index (χ2v) is 5.65. The summed E-state index contributed by atoms with van der Waals surface area (Å²) in [5.74, 6) is 0.0699. The van der Waals surface area contributed by atoms with Crippen molar-refractivity contribution in [2.45, 2.75) is 4.90 Å². The molecule has 2 aromatic rings. The Morgan fingerprint density at radius 2 is 2.21 bits per heavy atom. The van der Waals surface area contributed by atoms with E-state index in [1.54, 1.807) is 0 Å². The zero-order chi connectivity index (χ0) is 14.0. The first kappa shape index (κ1) is 13.2. The van der Waals surface area contributed by atoms with E-state index in [2.05, 4.69) is 14.9 Å². The Morgan fingerprint density at radius 1 is 1.47 bits per heavy atom. The van der Waals surface area contributed by atoms with Gasteiger partial charge >= 0.3 is 0 Å². The number of hydrogen-bond acceptors (Lipinski definition) is 5. The highest BCUT2D eigenvalue weighted by Crippen LogP contribution is 2.23. The van der Waals surface area contributed by atoms with Crippen LogP contribution in [-0.2, 0) is 10.0 Å². The van der Waals surface area contributed by atoms with Gasteiger partial charge in [-0.25, -0.2) is 8.42 Å². The molecular formula is C10H8ClN5O2S. The molecule has 1 aromatic heterocycles. The molecular weight excluding hydrogens is 290 g/mol. The highest BCUT2D eigenvalue weighted by Gasteiger charge is 2.17. The molecule has 0 aliphatic heterocycles. The van der Waals surface area contributed by atoms with Crippen molar-refractivity contribution in [2.75, 3.05) is 10.5 Å². The van der Waals surface area contributed by atoms with Gasteiger partial charge in [0.05, 0.1) is 27.4 Å². The number of benzene rings is 1. The first-order chi connectivity index (χ1) is 8.94. The Morgan fingerprint density at radius 3 is 2.74 bits per heavy atom. The Kier molecular flexibility index (Phi) is 3.33. The smallest absolute Gasteiger partial charge is 0.263 e. The van der Waals surface area contributed by atoms with Crippen molar-refractivity contribution in [1.82, 2.24) is 10.2 Å². The highest BCUT2D eigenvalue weighted by molar-refractivity contribution is 7.92. The fourth-order valence-electron chi connectivity index (χ4n) is 1.32. The molecule has 0 radical (unpaired) electrons. The van der Waals surface area contributed by atoms with E-state index < -0.39 is 10.0 Å². The molecule has 0 atom stereocenters. The summed E-state index contributed by atoms with van der Waals surface area (Å²) >= 11 is 5.79. The van der Waals surface area contributed by atoms with Crippen LogP contribution in [0, 0.1) is 11.3 Å². The lowest BCUT2D eigenvalue weighted by Crippen LogP contribution is -2.14. The van der Waals surface area contributed by atoms with Gasteiger partial charge in [0.25, 0.3) is 10.0 Å². The lowest BCUT2D eigenvalue weighted by atomic mass is 10.2. The van der Waals surface area contributed by atoms with Crippen molar-refractivity contribution in [3.8, 4) is 6.07 Å². The largest absolute Gasteiger partial charge is 0.394 e. The molecule has 19 heavy (non-hydrogen) atoms. The van der Waals surface area contributed by atoms with Crippen LogP contribution in [0.5, 0.6) is 0 Å². The van der Waals surface area contributed by atoms with E-state index in [0.717, 1.165) is 0 Å². The fourth-order valence-corrected chi connectivity index (χ4v) is 2.68. The molecule has 0 aliphatic rings. The molecule has 98 valence electrons. The zero-order valence-corrected chi connectivity index (χ0v) is 11.0. The number of halogens is 1. The summed E-state index contributed by atoms with van der Waals surface area (Å²) < 4.78 is 26.3. The number of nitriles is 1. The number of sulfonamides is 1. The van der Waals surface area contributed by atoms with Gasteiger partial charge in [0.2, 0.25) is 0 Å². The monoisotopic (exact) mass is 297 g/mol. The third-order valence-electron chi connectivity index (χ3n) is 2.28. The minimum atomic E-state index is -3.85. The van der Waals surface area contributed by atoms with E-state index >= 15 is 0 Å². The Bertz CT molecular complexity index is 762. The topological polar surface area (TPSA) is 125 Å². The maximum Gasteiger partial charge on any atom is 0.263 e. The van der Waals surface area contributed by atoms with E-state index in [9.17, 15) is 8.42 Å². The van der Waals surface area contributed by atoms with Crippen LogP contribution in [0.25, 0.3) is 0 Å². The van der Waals surface area contributed by atoms with Crippen LogP contribution in [0.15, 0.2) is 29.3 Å². The second kappa shape index (κ2) is 4.79. The highest BCUT2D eigenvalue weighted by atomic mass is 35.5. The second-order valence-electron chi connectivity index (χ2n) is 3.56. The van der Waals surface area contributed by atoms with Crippen LogP contribution >= 0.6 is 11.6 Å². The molecule has 0 aliphatic carbocycles. The third kappa shape index (κ3) is 2.62. The lowest BCUT2D eigenvalue weighted by molar-refractivity contribution is 0.601. The van der Waals surface area contributed by atoms with Crippen LogP contribution in [0.1, 0.15) is 5.56 Å². The first-order valence-corrected chi connectivity index (χ1v) is 6.81. The van der Waals surface area contributed by atoms with E-state index in [1.165, 1.54) is 24.4 Å². The maximum absolute atomic E-state index is 12.0. The van der Waals surface area contributed by atoms with Gasteiger partial charge in [0.15, 0.2) is 5.82 Å². The molecule has 2 rings (SSSR count). The molecule has 0 spiro atoms. The van der Waals surface area contributed by atoms with Crippen molar-refractivity contribution in [2.24, 2.45) is 0 Å². The van der Waals surface area contributed by atoms with E-state index in [0.29, 0.717) is 0 Å². The van der Waals surface area contributed by atoms with Crippen molar-refractivity contribution in [3.05, 3.63) is 35.0 Å². The third-order valence-corrected chi connectivity index (χ3v) is 3.94. The maximum atomic E-state index is 12.0. The number of nitrogens with zero attached hydrogens (tertiary/aromatic N) is 2. The standard InChI is InChI=1S/C10H8ClN5O2S/c11-8-3-7(2-1-6(8)4-12)19(17,18)16-10-9(13)5-14-15-10/h1-3,5H,13H2,(H2,14,15,16). The van der Waals surface area contributed by atoms with Gasteiger partial charge in [0.1, 0.15) is 6.07 Å². The summed E-state index contributed by atoms with van der Waals surface area (Å²) in [6.45, 7) is 0. The van der Waals surface area contributed by atoms with Gasteiger partial charge in [-0.1, -0.05) is 11.6 Å². The number of nitrogens with two attached hydrogens (primary N) is 1. The van der Waals surface area contributed by atoms with Crippen LogP contribution in [0.4, 0.5) is 11.5 Å². The quantitative estimate of drug-likeness (QED) is 0.788. The average molecular weight is 298 g/mol. The number of nitrogen functional groups attached to an aromatic ring is 1. The SMILES string of the molecule is N#Cc1ccc(S(=O)(=O)Nc2[nH]ncc2N)cc1Cl. The van der Waals surface area contributed by atoms with Crippen LogP contribution in [0.2, 0.25) is 5.02 Å². The van der Waals surface area contributed by atoms with Crippen molar-refractivity contribution in [3.63, 3.8) is 0 Å². The summed E-state index contributed by atoms with van der Waals surface area (Å²) in [7, 11) is -3.85. The molecule has 0 bridgehead atoms. The number of aromatic amines is 1. The van der Waals surface area contributed by atoms with Crippen molar-refractivity contribution in [1.29, 1.82) is 5.26 Å². The molecule has 0 saturated carbocycles. The fraction of sp³-hybridized carbons (Fsp3) is 0. The minimum absolute atomic E-state index is 0.0583. The van der Waals surface area contributed by atoms with Gasteiger partial charge in [0, 0.05) is 0 Å². The van der Waals surface area contributed by atoms with Gasteiger partial charge in [-0.2, -0.15) is 10.4 Å². The van der Waals surface area contributed by atoms with Crippen LogP contribution < -0.4 is 10.5 Å². The van der Waals surface area contributed by atoms with Crippen molar-refractivity contribution < 1.29 is 8.42 Å². The Hall–Kier alpha value is -2.24. The molecule has 0 amide bonds. The number of nitrogens with one attached hydrogen (secondary N) is 2. The summed E-state index contributed by atoms with van der Waals surface area (Å²) in [6.07, 6.45) is 1.28. The Labute approximate surface area is 114 Å². The van der Waals surface area contributed by atoms with E-state index in [4.69, 9.17) is 22.6 Å². The van der Waals surface area contributed by atoms with Gasteiger partial charge in [-0.3, -0.25) is 9.82 Å². The molecule has 7 nitrogen and oxygen atoms in total. The number of rotatable bonds is 3. The molecule has 0 saturated heterocycles. The number of anilines is 2. The summed E-state index contributed by atoms with van der Waals surface area (Å²) in [5, 5.41) is 14.8. The number of aromatic nitrogens is 2. The van der Waals surface area contributed by atoms with Gasteiger partial charge < -0.3 is 5.73 Å². The van der Waals surface area contributed by atoms with Crippen molar-refractivity contribution >= 4 is 33.1 Å². The van der Waals surface area contributed by atoms with E-state index in [-0.39, 0.29) is 27.0 Å². The molecule has 9 heteroatoms. The predicted molar refractivity (Wildman–Crippen MR) is 70.0 cm³/mol. The average Bonchev–Trinajstić information content (AvgIpc) is 2.74. The summed E-state index contributed by atoms with van der Waals surface area (Å²) in [5.41, 5.74) is 5.88. The first-order valence-electron chi connectivity index (χ1n) is 4.95. The number of H-pyrrole nitrogens is 1. The Balaban J connectivity index is 2.38.